The van der Waals surface area contributed by atoms with Gasteiger partial charge in [-0.1, -0.05) is 0 Å². The van der Waals surface area contributed by atoms with Crippen molar-refractivity contribution < 1.29 is 14.3 Å². The number of nitrogens with one attached hydrogen (secondary N) is 1. The van der Waals surface area contributed by atoms with Crippen molar-refractivity contribution in [2.75, 3.05) is 13.1 Å². The molecule has 0 radical (unpaired) electrons. The third-order valence-corrected chi connectivity index (χ3v) is 2.57. The van der Waals surface area contributed by atoms with E-state index in [1.54, 1.807) is 0 Å². The Morgan fingerprint density at radius 2 is 2.06 bits per heavy atom. The highest BCUT2D eigenvalue weighted by atomic mass is 16.6. The Morgan fingerprint density at radius 3 is 2.65 bits per heavy atom. The molecule has 0 aliphatic carbocycles. The van der Waals surface area contributed by atoms with Crippen molar-refractivity contribution in [1.82, 2.24) is 5.32 Å². The number of nitrogens with two attached hydrogens (primary N) is 1. The van der Waals surface area contributed by atoms with Crippen molar-refractivity contribution in [2.45, 2.75) is 57.8 Å². The Bertz CT molecular complexity index is 251. The lowest BCUT2D eigenvalue weighted by Crippen LogP contribution is -2.42. The summed E-state index contributed by atoms with van der Waals surface area (Å²) in [7, 11) is 0. The topological polar surface area (TPSA) is 73.6 Å². The average Bonchev–Trinajstić information content (AvgIpc) is 2.24. The summed E-state index contributed by atoms with van der Waals surface area (Å²) in [5.74, 6) is 0. The van der Waals surface area contributed by atoms with Crippen LogP contribution in [0.2, 0.25) is 0 Å². The van der Waals surface area contributed by atoms with Gasteiger partial charge < -0.3 is 20.5 Å². The number of carbonyl (C=O) groups excluding carboxylic acids is 1. The summed E-state index contributed by atoms with van der Waals surface area (Å²) in [5, 5.41) is 2.73. The number of amides is 1. The van der Waals surface area contributed by atoms with Crippen LogP contribution in [0.5, 0.6) is 0 Å². The van der Waals surface area contributed by atoms with Gasteiger partial charge >= 0.3 is 6.09 Å². The number of carbonyl (C=O) groups is 1. The molecule has 1 aliphatic rings. The van der Waals surface area contributed by atoms with Crippen LogP contribution in [0.4, 0.5) is 4.79 Å². The van der Waals surface area contributed by atoms with E-state index in [-0.39, 0.29) is 12.2 Å². The van der Waals surface area contributed by atoms with Gasteiger partial charge in [-0.15, -0.1) is 0 Å². The van der Waals surface area contributed by atoms with Crippen molar-refractivity contribution in [3.63, 3.8) is 0 Å². The highest BCUT2D eigenvalue weighted by molar-refractivity contribution is 5.67. The summed E-state index contributed by atoms with van der Waals surface area (Å²) in [6.45, 7) is 6.56. The number of hydrogen-bond acceptors (Lipinski definition) is 4. The second kappa shape index (κ2) is 6.21. The van der Waals surface area contributed by atoms with Gasteiger partial charge in [0, 0.05) is 13.1 Å². The average molecular weight is 244 g/mol. The van der Waals surface area contributed by atoms with E-state index in [0.717, 1.165) is 19.3 Å². The van der Waals surface area contributed by atoms with E-state index < -0.39 is 11.7 Å². The normalized spacial score (nSPS) is 25.4. The largest absolute Gasteiger partial charge is 0.444 e. The summed E-state index contributed by atoms with van der Waals surface area (Å²) < 4.78 is 10.9. The second-order valence-electron chi connectivity index (χ2n) is 5.43. The molecule has 0 bridgehead atoms. The van der Waals surface area contributed by atoms with Crippen LogP contribution in [0.25, 0.3) is 0 Å². The molecule has 0 aromatic carbocycles. The quantitative estimate of drug-likeness (QED) is 0.787. The first-order valence-electron chi connectivity index (χ1n) is 6.23. The number of rotatable bonds is 3. The van der Waals surface area contributed by atoms with Crippen LogP contribution in [0.1, 0.15) is 40.0 Å². The number of hydrogen-bond donors (Lipinski definition) is 2. The molecule has 5 heteroatoms. The zero-order valence-electron chi connectivity index (χ0n) is 11.0. The van der Waals surface area contributed by atoms with Crippen LogP contribution in [-0.4, -0.2) is 37.0 Å². The van der Waals surface area contributed by atoms with Gasteiger partial charge in [-0.25, -0.2) is 4.79 Å². The van der Waals surface area contributed by atoms with Crippen LogP contribution in [0, 0.1) is 0 Å². The molecule has 0 saturated carbocycles. The zero-order valence-corrected chi connectivity index (χ0v) is 11.0. The Kier molecular flexibility index (Phi) is 5.21. The van der Waals surface area contributed by atoms with E-state index in [4.69, 9.17) is 15.2 Å². The van der Waals surface area contributed by atoms with Crippen molar-refractivity contribution in [3.8, 4) is 0 Å². The molecule has 1 saturated heterocycles. The highest BCUT2D eigenvalue weighted by Crippen LogP contribution is 2.17. The van der Waals surface area contributed by atoms with Gasteiger partial charge in [-0.2, -0.15) is 0 Å². The van der Waals surface area contributed by atoms with Gasteiger partial charge in [-0.05, 0) is 40.0 Å². The Morgan fingerprint density at radius 1 is 1.41 bits per heavy atom. The van der Waals surface area contributed by atoms with E-state index in [2.05, 4.69) is 5.32 Å². The minimum absolute atomic E-state index is 0.0600. The molecule has 1 aliphatic heterocycles. The first-order valence-corrected chi connectivity index (χ1v) is 6.23. The minimum Gasteiger partial charge on any atom is -0.444 e. The van der Waals surface area contributed by atoms with E-state index in [1.807, 2.05) is 20.8 Å². The smallest absolute Gasteiger partial charge is 0.407 e. The molecule has 1 heterocycles. The van der Waals surface area contributed by atoms with Gasteiger partial charge in [-0.3, -0.25) is 0 Å². The lowest BCUT2D eigenvalue weighted by molar-refractivity contribution is -0.0437. The van der Waals surface area contributed by atoms with E-state index in [1.165, 1.54) is 0 Å². The third-order valence-electron chi connectivity index (χ3n) is 2.57. The zero-order chi connectivity index (χ0) is 12.9. The van der Waals surface area contributed by atoms with Crippen LogP contribution in [-0.2, 0) is 9.47 Å². The molecule has 2 atom stereocenters. The van der Waals surface area contributed by atoms with Gasteiger partial charge in [0.05, 0.1) is 12.2 Å². The van der Waals surface area contributed by atoms with Crippen molar-refractivity contribution in [3.05, 3.63) is 0 Å². The van der Waals surface area contributed by atoms with E-state index in [9.17, 15) is 4.79 Å². The van der Waals surface area contributed by atoms with E-state index in [0.29, 0.717) is 13.1 Å². The molecule has 5 nitrogen and oxygen atoms in total. The minimum atomic E-state index is -0.461. The molecule has 1 fully saturated rings. The third kappa shape index (κ3) is 5.89. The predicted molar refractivity (Wildman–Crippen MR) is 65.8 cm³/mol. The molecule has 1 rings (SSSR count). The maximum Gasteiger partial charge on any atom is 0.407 e. The van der Waals surface area contributed by atoms with Crippen LogP contribution in [0.15, 0.2) is 0 Å². The number of ether oxygens (including phenoxy) is 2. The lowest BCUT2D eigenvalue weighted by Gasteiger charge is -2.29. The fourth-order valence-electron chi connectivity index (χ4n) is 1.82. The fraction of sp³-hybridized carbons (Fsp3) is 0.917. The molecule has 0 aromatic rings. The monoisotopic (exact) mass is 244 g/mol. The van der Waals surface area contributed by atoms with Gasteiger partial charge in [0.2, 0.25) is 0 Å². The first kappa shape index (κ1) is 14.3. The molecule has 100 valence electrons. The molecule has 0 aromatic heterocycles. The van der Waals surface area contributed by atoms with Gasteiger partial charge in [0.15, 0.2) is 0 Å². The summed E-state index contributed by atoms with van der Waals surface area (Å²) >= 11 is 0. The van der Waals surface area contributed by atoms with Crippen LogP contribution < -0.4 is 11.1 Å². The lowest BCUT2D eigenvalue weighted by atomic mass is 10.0. The molecule has 1 amide bonds. The molecule has 2 unspecified atom stereocenters. The van der Waals surface area contributed by atoms with Gasteiger partial charge in [0.25, 0.3) is 0 Å². The summed E-state index contributed by atoms with van der Waals surface area (Å²) in [6.07, 6.45) is 2.88. The Labute approximate surface area is 103 Å². The second-order valence-corrected chi connectivity index (χ2v) is 5.43. The standard InChI is InChI=1S/C12H24N2O3/c1-12(2,3)17-11(15)14-8-10-6-4-5-9(7-13)16-10/h9-10H,4-8,13H2,1-3H3,(H,14,15). The predicted octanol–water partition coefficient (Wildman–Crippen LogP) is 1.41. The van der Waals surface area contributed by atoms with Crippen LogP contribution in [0.3, 0.4) is 0 Å². The Balaban J connectivity index is 2.23. The van der Waals surface area contributed by atoms with Gasteiger partial charge in [0.1, 0.15) is 5.60 Å². The first-order chi connectivity index (χ1) is 7.90. The summed E-state index contributed by atoms with van der Waals surface area (Å²) in [4.78, 5) is 11.4. The molecule has 0 spiro atoms. The summed E-state index contributed by atoms with van der Waals surface area (Å²) in [5.41, 5.74) is 5.11. The van der Waals surface area contributed by atoms with Crippen molar-refractivity contribution >= 4 is 6.09 Å². The SMILES string of the molecule is CC(C)(C)OC(=O)NCC1CCCC(CN)O1. The van der Waals surface area contributed by atoms with Crippen molar-refractivity contribution in [1.29, 1.82) is 0 Å². The molecular formula is C12H24N2O3. The Hall–Kier alpha value is -0.810. The van der Waals surface area contributed by atoms with Crippen LogP contribution >= 0.6 is 0 Å². The molecular weight excluding hydrogens is 220 g/mol. The highest BCUT2D eigenvalue weighted by Gasteiger charge is 2.22. The van der Waals surface area contributed by atoms with Crippen molar-refractivity contribution in [2.24, 2.45) is 5.73 Å². The maximum absolute atomic E-state index is 11.4. The number of alkyl carbamates (subject to hydrolysis) is 1. The maximum atomic E-state index is 11.4. The van der Waals surface area contributed by atoms with E-state index >= 15 is 0 Å². The molecule has 3 N–H and O–H groups in total. The summed E-state index contributed by atoms with van der Waals surface area (Å²) in [6, 6.07) is 0. The molecule has 17 heavy (non-hydrogen) atoms. The fourth-order valence-corrected chi connectivity index (χ4v) is 1.82.